The van der Waals surface area contributed by atoms with Crippen molar-refractivity contribution in [2.75, 3.05) is 19.7 Å². The molecule has 108 valence electrons. The lowest BCUT2D eigenvalue weighted by atomic mass is 10.0. The van der Waals surface area contributed by atoms with E-state index in [0.29, 0.717) is 30.3 Å². The Kier molecular flexibility index (Phi) is 5.97. The molecule has 0 heterocycles. The highest BCUT2D eigenvalue weighted by atomic mass is 32.2. The smallest absolute Gasteiger partial charge is 0.243 e. The number of sulfonamides is 1. The van der Waals surface area contributed by atoms with Gasteiger partial charge in [0, 0.05) is 19.7 Å². The molecule has 0 aliphatic heterocycles. The van der Waals surface area contributed by atoms with Crippen molar-refractivity contribution in [1.29, 1.82) is 0 Å². The van der Waals surface area contributed by atoms with Gasteiger partial charge in [0.05, 0.1) is 4.90 Å². The van der Waals surface area contributed by atoms with Crippen LogP contribution in [0.5, 0.6) is 0 Å². The molecular formula is C14H23NO3S. The zero-order valence-corrected chi connectivity index (χ0v) is 12.7. The molecule has 0 saturated heterocycles. The van der Waals surface area contributed by atoms with Gasteiger partial charge in [-0.1, -0.05) is 32.9 Å². The average Bonchev–Trinajstić information content (AvgIpc) is 2.39. The predicted octanol–water partition coefficient (Wildman–Crippen LogP) is 2.20. The van der Waals surface area contributed by atoms with Crippen molar-refractivity contribution in [3.8, 4) is 0 Å². The largest absolute Gasteiger partial charge is 0.396 e. The van der Waals surface area contributed by atoms with Crippen molar-refractivity contribution in [1.82, 2.24) is 4.31 Å². The van der Waals surface area contributed by atoms with Crippen LogP contribution in [0.1, 0.15) is 38.7 Å². The molecule has 0 spiro atoms. The van der Waals surface area contributed by atoms with Crippen LogP contribution in [0.2, 0.25) is 0 Å². The van der Waals surface area contributed by atoms with Crippen molar-refractivity contribution in [2.24, 2.45) is 0 Å². The van der Waals surface area contributed by atoms with E-state index in [9.17, 15) is 8.42 Å². The van der Waals surface area contributed by atoms with Crippen molar-refractivity contribution >= 4 is 10.0 Å². The molecule has 0 aliphatic rings. The lowest BCUT2D eigenvalue weighted by Crippen LogP contribution is -2.32. The van der Waals surface area contributed by atoms with E-state index in [2.05, 4.69) is 13.8 Å². The Labute approximate surface area is 116 Å². The third-order valence-corrected chi connectivity index (χ3v) is 5.09. The molecular weight excluding hydrogens is 262 g/mol. The van der Waals surface area contributed by atoms with Gasteiger partial charge in [-0.3, -0.25) is 0 Å². The first-order valence-corrected chi connectivity index (χ1v) is 8.08. The van der Waals surface area contributed by atoms with Crippen LogP contribution in [0, 0.1) is 0 Å². The molecule has 1 rings (SSSR count). The second kappa shape index (κ2) is 7.03. The first-order valence-electron chi connectivity index (χ1n) is 6.64. The van der Waals surface area contributed by atoms with Gasteiger partial charge in [-0.2, -0.15) is 4.31 Å². The number of nitrogens with zero attached hydrogens (tertiary/aromatic N) is 1. The van der Waals surface area contributed by atoms with E-state index in [0.717, 1.165) is 5.56 Å². The Balaban J connectivity index is 2.98. The summed E-state index contributed by atoms with van der Waals surface area (Å²) in [5, 5.41) is 8.82. The number of hydrogen-bond donors (Lipinski definition) is 1. The summed E-state index contributed by atoms with van der Waals surface area (Å²) in [4.78, 5) is 0.316. The molecule has 5 heteroatoms. The summed E-state index contributed by atoms with van der Waals surface area (Å²) >= 11 is 0. The molecule has 0 aliphatic carbocycles. The molecule has 1 aromatic rings. The third kappa shape index (κ3) is 4.03. The molecule has 0 amide bonds. The summed E-state index contributed by atoms with van der Waals surface area (Å²) < 4.78 is 26.2. The summed E-state index contributed by atoms with van der Waals surface area (Å²) in [5.74, 6) is 0.383. The van der Waals surface area contributed by atoms with Gasteiger partial charge in [0.25, 0.3) is 0 Å². The van der Waals surface area contributed by atoms with E-state index in [1.165, 1.54) is 4.31 Å². The second-order valence-corrected chi connectivity index (χ2v) is 6.74. The number of rotatable bonds is 7. The van der Waals surface area contributed by atoms with E-state index < -0.39 is 10.0 Å². The van der Waals surface area contributed by atoms with Crippen LogP contribution in [0.3, 0.4) is 0 Å². The maximum atomic E-state index is 12.4. The fourth-order valence-electron chi connectivity index (χ4n) is 1.87. The number of aliphatic hydroxyl groups is 1. The lowest BCUT2D eigenvalue weighted by molar-refractivity contribution is 0.271. The topological polar surface area (TPSA) is 57.6 Å². The molecule has 0 unspecified atom stereocenters. The minimum absolute atomic E-state index is 0.00168. The number of aliphatic hydroxyl groups excluding tert-OH is 1. The summed E-state index contributed by atoms with van der Waals surface area (Å²) in [7, 11) is -3.44. The van der Waals surface area contributed by atoms with Crippen LogP contribution in [-0.4, -0.2) is 37.5 Å². The summed E-state index contributed by atoms with van der Waals surface area (Å²) in [6, 6.07) is 7.04. The summed E-state index contributed by atoms with van der Waals surface area (Å²) in [6.07, 6.45) is 0.456. The van der Waals surface area contributed by atoms with Crippen molar-refractivity contribution in [2.45, 2.75) is 38.0 Å². The summed E-state index contributed by atoms with van der Waals surface area (Å²) in [5.41, 5.74) is 1.12. The van der Waals surface area contributed by atoms with Crippen molar-refractivity contribution < 1.29 is 13.5 Å². The molecule has 0 radical (unpaired) electrons. The number of benzene rings is 1. The zero-order valence-electron chi connectivity index (χ0n) is 11.8. The van der Waals surface area contributed by atoms with Gasteiger partial charge < -0.3 is 5.11 Å². The van der Waals surface area contributed by atoms with Gasteiger partial charge in [-0.25, -0.2) is 8.42 Å². The molecule has 0 bridgehead atoms. The Morgan fingerprint density at radius 3 is 2.21 bits per heavy atom. The Morgan fingerprint density at radius 1 is 1.21 bits per heavy atom. The van der Waals surface area contributed by atoms with Crippen molar-refractivity contribution in [3.05, 3.63) is 29.8 Å². The molecule has 0 saturated carbocycles. The van der Waals surface area contributed by atoms with Crippen LogP contribution in [0.25, 0.3) is 0 Å². The quantitative estimate of drug-likeness (QED) is 0.835. The fourth-order valence-corrected chi connectivity index (χ4v) is 3.36. The van der Waals surface area contributed by atoms with Gasteiger partial charge >= 0.3 is 0 Å². The molecule has 4 nitrogen and oxygen atoms in total. The molecule has 0 aromatic heterocycles. The van der Waals surface area contributed by atoms with E-state index in [4.69, 9.17) is 5.11 Å². The SMILES string of the molecule is CCN(CCCO)S(=O)(=O)c1ccc(C(C)C)cc1. The highest BCUT2D eigenvalue weighted by Gasteiger charge is 2.22. The van der Waals surface area contributed by atoms with Crippen LogP contribution < -0.4 is 0 Å². The molecule has 1 aromatic carbocycles. The van der Waals surface area contributed by atoms with Crippen LogP contribution in [-0.2, 0) is 10.0 Å². The van der Waals surface area contributed by atoms with Gasteiger partial charge in [0.2, 0.25) is 10.0 Å². The maximum absolute atomic E-state index is 12.4. The fraction of sp³-hybridized carbons (Fsp3) is 0.571. The first kappa shape index (κ1) is 16.1. The highest BCUT2D eigenvalue weighted by molar-refractivity contribution is 7.89. The van der Waals surface area contributed by atoms with Crippen LogP contribution in [0.15, 0.2) is 29.2 Å². The second-order valence-electron chi connectivity index (χ2n) is 4.80. The van der Waals surface area contributed by atoms with E-state index in [-0.39, 0.29) is 6.61 Å². The van der Waals surface area contributed by atoms with Crippen molar-refractivity contribution in [3.63, 3.8) is 0 Å². The van der Waals surface area contributed by atoms with Crippen LogP contribution in [0.4, 0.5) is 0 Å². The minimum Gasteiger partial charge on any atom is -0.396 e. The average molecular weight is 285 g/mol. The van der Waals surface area contributed by atoms with Gasteiger partial charge in [-0.05, 0) is 30.0 Å². The first-order chi connectivity index (χ1) is 8.93. The minimum atomic E-state index is -3.44. The van der Waals surface area contributed by atoms with E-state index in [1.54, 1.807) is 19.1 Å². The Bertz CT molecular complexity index is 480. The zero-order chi connectivity index (χ0) is 14.5. The van der Waals surface area contributed by atoms with Gasteiger partial charge in [0.1, 0.15) is 0 Å². The molecule has 0 fully saturated rings. The molecule has 19 heavy (non-hydrogen) atoms. The normalized spacial score (nSPS) is 12.3. The summed E-state index contributed by atoms with van der Waals surface area (Å²) in [6.45, 7) is 6.71. The van der Waals surface area contributed by atoms with E-state index in [1.807, 2.05) is 12.1 Å². The number of hydrogen-bond acceptors (Lipinski definition) is 3. The van der Waals surface area contributed by atoms with Gasteiger partial charge in [0.15, 0.2) is 0 Å². The van der Waals surface area contributed by atoms with Crippen LogP contribution >= 0.6 is 0 Å². The molecule has 0 atom stereocenters. The maximum Gasteiger partial charge on any atom is 0.243 e. The highest BCUT2D eigenvalue weighted by Crippen LogP contribution is 2.20. The third-order valence-electron chi connectivity index (χ3n) is 3.10. The lowest BCUT2D eigenvalue weighted by Gasteiger charge is -2.20. The molecule has 1 N–H and O–H groups in total. The van der Waals surface area contributed by atoms with E-state index >= 15 is 0 Å². The standard InChI is InChI=1S/C14H23NO3S/c1-4-15(10-5-11-16)19(17,18)14-8-6-13(7-9-14)12(2)3/h6-9,12,16H,4-5,10-11H2,1-3H3. The van der Waals surface area contributed by atoms with Gasteiger partial charge in [-0.15, -0.1) is 0 Å². The Hall–Kier alpha value is -0.910. The Morgan fingerprint density at radius 2 is 1.79 bits per heavy atom. The predicted molar refractivity (Wildman–Crippen MR) is 76.7 cm³/mol. The monoisotopic (exact) mass is 285 g/mol.